The first-order chi connectivity index (χ1) is 9.96. The molecule has 0 saturated carbocycles. The summed E-state index contributed by atoms with van der Waals surface area (Å²) in [5, 5.41) is 2.84. The number of rotatable bonds is 7. The number of likely N-dealkylation sites (N-methyl/N-ethyl adjacent to an activating group) is 2. The Morgan fingerprint density at radius 3 is 2.24 bits per heavy atom. The van der Waals surface area contributed by atoms with Gasteiger partial charge >= 0.3 is 0 Å². The lowest BCUT2D eigenvalue weighted by atomic mass is 10.3. The number of anilines is 1. The Morgan fingerprint density at radius 1 is 1.14 bits per heavy atom. The lowest BCUT2D eigenvalue weighted by Crippen LogP contribution is -3.11. The molecule has 0 fully saturated rings. The average molecular weight is 404 g/mol. The Morgan fingerprint density at radius 2 is 1.71 bits per heavy atom. The number of carbonyl (C=O) groups excluding carboxylic acids is 2. The third-order valence-corrected chi connectivity index (χ3v) is 3.88. The highest BCUT2D eigenvalue weighted by Gasteiger charge is 2.17. The van der Waals surface area contributed by atoms with Crippen molar-refractivity contribution in [2.24, 2.45) is 0 Å². The van der Waals surface area contributed by atoms with Gasteiger partial charge in [0, 0.05) is 22.3 Å². The highest BCUT2D eigenvalue weighted by Crippen LogP contribution is 2.10. The van der Waals surface area contributed by atoms with Gasteiger partial charge in [0.1, 0.15) is 0 Å². The van der Waals surface area contributed by atoms with Gasteiger partial charge in [-0.3, -0.25) is 9.59 Å². The molecular weight excluding hydrogens is 381 g/mol. The van der Waals surface area contributed by atoms with E-state index in [1.807, 2.05) is 45.2 Å². The highest BCUT2D eigenvalue weighted by molar-refractivity contribution is 14.1. The van der Waals surface area contributed by atoms with E-state index >= 15 is 0 Å². The van der Waals surface area contributed by atoms with Crippen LogP contribution < -0.4 is 10.2 Å². The number of carbonyl (C=O) groups is 2. The lowest BCUT2D eigenvalue weighted by Gasteiger charge is -2.20. The van der Waals surface area contributed by atoms with E-state index in [0.717, 1.165) is 14.2 Å². The second kappa shape index (κ2) is 8.99. The van der Waals surface area contributed by atoms with Crippen LogP contribution in [-0.4, -0.2) is 49.9 Å². The third-order valence-electron chi connectivity index (χ3n) is 3.16. The normalized spacial score (nSPS) is 11.8. The van der Waals surface area contributed by atoms with E-state index in [1.54, 1.807) is 4.90 Å². The van der Waals surface area contributed by atoms with Crippen LogP contribution in [0.4, 0.5) is 5.69 Å². The van der Waals surface area contributed by atoms with Gasteiger partial charge in [0.05, 0.1) is 7.05 Å². The standard InChI is InChI=1S/C15H22IN3O2/c1-4-19(5-2)15(21)11-18(3)10-14(20)17-13-8-6-12(16)7-9-13/h6-9H,4-5,10-11H2,1-3H3,(H,17,20)/p+1. The van der Waals surface area contributed by atoms with Crippen molar-refractivity contribution in [2.45, 2.75) is 13.8 Å². The summed E-state index contributed by atoms with van der Waals surface area (Å²) in [7, 11) is 1.86. The number of amides is 2. The van der Waals surface area contributed by atoms with Crippen molar-refractivity contribution in [1.29, 1.82) is 0 Å². The number of halogens is 1. The monoisotopic (exact) mass is 404 g/mol. The molecule has 1 aromatic rings. The molecule has 1 unspecified atom stereocenters. The van der Waals surface area contributed by atoms with E-state index in [0.29, 0.717) is 19.6 Å². The van der Waals surface area contributed by atoms with Gasteiger partial charge in [-0.1, -0.05) is 0 Å². The van der Waals surface area contributed by atoms with Gasteiger partial charge in [0.2, 0.25) is 0 Å². The minimum Gasteiger partial charge on any atom is -0.338 e. The molecule has 0 aliphatic heterocycles. The SMILES string of the molecule is CCN(CC)C(=O)C[NH+](C)CC(=O)Nc1ccc(I)cc1. The molecule has 0 bridgehead atoms. The molecule has 0 aliphatic rings. The summed E-state index contributed by atoms with van der Waals surface area (Å²) in [6.07, 6.45) is 0. The Labute approximate surface area is 139 Å². The molecule has 21 heavy (non-hydrogen) atoms. The summed E-state index contributed by atoms with van der Waals surface area (Å²) in [5.41, 5.74) is 0.781. The van der Waals surface area contributed by atoms with Crippen LogP contribution in [0.3, 0.4) is 0 Å². The quantitative estimate of drug-likeness (QED) is 0.655. The second-order valence-electron chi connectivity index (χ2n) is 4.93. The number of quaternary nitrogens is 1. The Hall–Kier alpha value is -1.15. The average Bonchev–Trinajstić information content (AvgIpc) is 2.42. The van der Waals surface area contributed by atoms with Crippen molar-refractivity contribution >= 4 is 40.1 Å². The van der Waals surface area contributed by atoms with Gasteiger partial charge in [-0.05, 0) is 60.7 Å². The molecule has 0 radical (unpaired) electrons. The minimum absolute atomic E-state index is 0.0824. The molecule has 5 nitrogen and oxygen atoms in total. The first-order valence-electron chi connectivity index (χ1n) is 7.10. The topological polar surface area (TPSA) is 53.9 Å². The van der Waals surface area contributed by atoms with E-state index in [2.05, 4.69) is 27.9 Å². The summed E-state index contributed by atoms with van der Waals surface area (Å²) in [6.45, 7) is 5.94. The van der Waals surface area contributed by atoms with E-state index in [9.17, 15) is 9.59 Å². The fourth-order valence-electron chi connectivity index (χ4n) is 2.02. The molecule has 1 rings (SSSR count). The number of hydrogen-bond acceptors (Lipinski definition) is 2. The molecule has 0 spiro atoms. The second-order valence-corrected chi connectivity index (χ2v) is 6.18. The maximum absolute atomic E-state index is 12.0. The summed E-state index contributed by atoms with van der Waals surface area (Å²) in [6, 6.07) is 7.62. The van der Waals surface area contributed by atoms with E-state index < -0.39 is 0 Å². The summed E-state index contributed by atoms with van der Waals surface area (Å²) in [5.74, 6) is 0.000574. The van der Waals surface area contributed by atoms with Gasteiger partial charge in [-0.2, -0.15) is 0 Å². The largest absolute Gasteiger partial charge is 0.338 e. The van der Waals surface area contributed by atoms with Crippen molar-refractivity contribution in [3.8, 4) is 0 Å². The summed E-state index contributed by atoms with van der Waals surface area (Å²) in [4.78, 5) is 26.6. The first kappa shape index (κ1) is 17.9. The third kappa shape index (κ3) is 6.43. The molecule has 0 aromatic heterocycles. The first-order valence-corrected chi connectivity index (χ1v) is 8.18. The van der Waals surface area contributed by atoms with E-state index in [-0.39, 0.29) is 18.4 Å². The molecule has 1 aromatic carbocycles. The fourth-order valence-corrected chi connectivity index (χ4v) is 2.38. The van der Waals surface area contributed by atoms with E-state index in [1.165, 1.54) is 0 Å². The van der Waals surface area contributed by atoms with Crippen molar-refractivity contribution < 1.29 is 14.5 Å². The Kier molecular flexibility index (Phi) is 7.66. The van der Waals surface area contributed by atoms with E-state index in [4.69, 9.17) is 0 Å². The number of nitrogens with one attached hydrogen (secondary N) is 2. The smallest absolute Gasteiger partial charge is 0.279 e. The molecular formula is C15H23IN3O2+. The van der Waals surface area contributed by atoms with Crippen LogP contribution in [0.5, 0.6) is 0 Å². The van der Waals surface area contributed by atoms with Gasteiger partial charge in [-0.25, -0.2) is 0 Å². The van der Waals surface area contributed by atoms with Gasteiger partial charge in [-0.15, -0.1) is 0 Å². The van der Waals surface area contributed by atoms with Crippen LogP contribution in [0.1, 0.15) is 13.8 Å². The van der Waals surface area contributed by atoms with Crippen LogP contribution in [0.15, 0.2) is 24.3 Å². The lowest BCUT2D eigenvalue weighted by molar-refractivity contribution is -0.862. The van der Waals surface area contributed by atoms with Crippen LogP contribution in [0, 0.1) is 3.57 Å². The Balaban J connectivity index is 2.43. The summed E-state index contributed by atoms with van der Waals surface area (Å²) >= 11 is 2.22. The molecule has 2 amide bonds. The van der Waals surface area contributed by atoms with Gasteiger partial charge in [0.15, 0.2) is 13.1 Å². The molecule has 6 heteroatoms. The predicted octanol–water partition coefficient (Wildman–Crippen LogP) is 0.613. The molecule has 0 saturated heterocycles. The van der Waals surface area contributed by atoms with Gasteiger partial charge < -0.3 is 15.1 Å². The molecule has 116 valence electrons. The zero-order valence-corrected chi connectivity index (χ0v) is 14.9. The Bertz CT molecular complexity index is 472. The minimum atomic E-state index is -0.0824. The molecule has 2 N–H and O–H groups in total. The number of benzene rings is 1. The van der Waals surface area contributed by atoms with Crippen LogP contribution in [0.25, 0.3) is 0 Å². The van der Waals surface area contributed by atoms with Crippen molar-refractivity contribution in [3.63, 3.8) is 0 Å². The molecule has 1 atom stereocenters. The summed E-state index contributed by atoms with van der Waals surface area (Å²) < 4.78 is 1.12. The van der Waals surface area contributed by atoms with Crippen LogP contribution in [0.2, 0.25) is 0 Å². The fraction of sp³-hybridized carbons (Fsp3) is 0.467. The van der Waals surface area contributed by atoms with Crippen molar-refractivity contribution in [1.82, 2.24) is 4.90 Å². The molecule has 0 aliphatic carbocycles. The molecule has 0 heterocycles. The van der Waals surface area contributed by atoms with Crippen molar-refractivity contribution in [2.75, 3.05) is 38.5 Å². The number of nitrogens with zero attached hydrogens (tertiary/aromatic N) is 1. The maximum atomic E-state index is 12.0. The van der Waals surface area contributed by atoms with Crippen molar-refractivity contribution in [3.05, 3.63) is 27.8 Å². The highest BCUT2D eigenvalue weighted by atomic mass is 127. The van der Waals surface area contributed by atoms with Gasteiger partial charge in [0.25, 0.3) is 11.8 Å². The predicted molar refractivity (Wildman–Crippen MR) is 92.3 cm³/mol. The maximum Gasteiger partial charge on any atom is 0.279 e. The zero-order valence-electron chi connectivity index (χ0n) is 12.8. The van der Waals surface area contributed by atoms with Crippen LogP contribution in [-0.2, 0) is 9.59 Å². The van der Waals surface area contributed by atoms with Crippen LogP contribution >= 0.6 is 22.6 Å². The zero-order chi connectivity index (χ0) is 15.8. The number of hydrogen-bond donors (Lipinski definition) is 2.